The number of nitrogens with zero attached hydrogens (tertiary/aromatic N) is 2. The zero-order chi connectivity index (χ0) is 18.0. The molecule has 7 heteroatoms. The van der Waals surface area contributed by atoms with Gasteiger partial charge in [-0.1, -0.05) is 12.1 Å². The van der Waals surface area contributed by atoms with E-state index in [2.05, 4.69) is 0 Å². The van der Waals surface area contributed by atoms with Gasteiger partial charge < -0.3 is 10.1 Å². The lowest BCUT2D eigenvalue weighted by Gasteiger charge is -2.35. The number of hydrogen-bond acceptors (Lipinski definition) is 2. The summed E-state index contributed by atoms with van der Waals surface area (Å²) in [5, 5.41) is 11.8. The van der Waals surface area contributed by atoms with Crippen molar-refractivity contribution in [1.29, 1.82) is 0 Å². The Morgan fingerprint density at radius 2 is 1.84 bits per heavy atom. The lowest BCUT2D eigenvalue weighted by atomic mass is 9.94. The Morgan fingerprint density at radius 1 is 1.12 bits per heavy atom. The van der Waals surface area contributed by atoms with E-state index in [1.54, 1.807) is 11.0 Å². The third kappa shape index (κ3) is 3.60. The third-order valence-electron chi connectivity index (χ3n) is 4.43. The van der Waals surface area contributed by atoms with Crippen LogP contribution in [0.5, 0.6) is 0 Å². The van der Waals surface area contributed by atoms with E-state index in [-0.39, 0.29) is 11.7 Å². The van der Waals surface area contributed by atoms with Crippen molar-refractivity contribution in [3.63, 3.8) is 0 Å². The van der Waals surface area contributed by atoms with Gasteiger partial charge in [-0.05, 0) is 43.0 Å². The standard InChI is InChI=1S/C18H17F3N2O2/c19-18(20,21)14-9-7-13(8-10-14)15-5-1-3-11-22(15)17(24)16-6-2-4-12-23(16)25/h2,4,6-10,12,15H,1,3,5,11H2. The maximum atomic E-state index is 12.8. The first kappa shape index (κ1) is 17.3. The molecule has 25 heavy (non-hydrogen) atoms. The van der Waals surface area contributed by atoms with Crippen molar-refractivity contribution in [2.75, 3.05) is 6.54 Å². The first-order valence-corrected chi connectivity index (χ1v) is 8.04. The number of rotatable bonds is 2. The van der Waals surface area contributed by atoms with Gasteiger partial charge in [0.2, 0.25) is 0 Å². The van der Waals surface area contributed by atoms with Crippen LogP contribution in [0, 0.1) is 5.21 Å². The van der Waals surface area contributed by atoms with Gasteiger partial charge in [0.1, 0.15) is 0 Å². The number of likely N-dealkylation sites (tertiary alicyclic amines) is 1. The molecular weight excluding hydrogens is 333 g/mol. The first-order chi connectivity index (χ1) is 11.9. The van der Waals surface area contributed by atoms with Crippen LogP contribution in [0.4, 0.5) is 13.2 Å². The molecule has 132 valence electrons. The predicted molar refractivity (Wildman–Crippen MR) is 84.5 cm³/mol. The Bertz CT molecular complexity index is 760. The summed E-state index contributed by atoms with van der Waals surface area (Å²) in [4.78, 5) is 14.3. The molecular formula is C18H17F3N2O2. The van der Waals surface area contributed by atoms with Crippen LogP contribution >= 0.6 is 0 Å². The fourth-order valence-electron chi connectivity index (χ4n) is 3.16. The van der Waals surface area contributed by atoms with Crippen molar-refractivity contribution < 1.29 is 22.7 Å². The monoisotopic (exact) mass is 350 g/mol. The van der Waals surface area contributed by atoms with Gasteiger partial charge in [-0.2, -0.15) is 17.9 Å². The normalized spacial score (nSPS) is 18.2. The predicted octanol–water partition coefficient (Wildman–Crippen LogP) is 3.71. The largest absolute Gasteiger partial charge is 0.618 e. The summed E-state index contributed by atoms with van der Waals surface area (Å²) < 4.78 is 38.7. The number of carbonyl (C=O) groups is 1. The van der Waals surface area contributed by atoms with Crippen LogP contribution in [-0.2, 0) is 6.18 Å². The molecule has 4 nitrogen and oxygen atoms in total. The van der Waals surface area contributed by atoms with Gasteiger partial charge in [0, 0.05) is 18.7 Å². The van der Waals surface area contributed by atoms with Gasteiger partial charge in [-0.3, -0.25) is 4.79 Å². The van der Waals surface area contributed by atoms with E-state index < -0.39 is 17.6 Å². The highest BCUT2D eigenvalue weighted by molar-refractivity contribution is 5.91. The molecule has 0 radical (unpaired) electrons. The second-order valence-corrected chi connectivity index (χ2v) is 6.04. The van der Waals surface area contributed by atoms with Gasteiger partial charge in [0.25, 0.3) is 5.69 Å². The molecule has 0 saturated carbocycles. The van der Waals surface area contributed by atoms with E-state index in [1.807, 2.05) is 0 Å². The van der Waals surface area contributed by atoms with Crippen molar-refractivity contribution in [2.45, 2.75) is 31.5 Å². The maximum Gasteiger partial charge on any atom is 0.416 e. The fraction of sp³-hybridized carbons (Fsp3) is 0.333. The Balaban J connectivity index is 1.89. The van der Waals surface area contributed by atoms with Crippen LogP contribution in [0.3, 0.4) is 0 Å². The number of aromatic nitrogens is 1. The minimum Gasteiger partial charge on any atom is -0.618 e. The lowest BCUT2D eigenvalue weighted by Crippen LogP contribution is -2.44. The number of halogens is 3. The van der Waals surface area contributed by atoms with Crippen LogP contribution in [0.2, 0.25) is 0 Å². The van der Waals surface area contributed by atoms with Gasteiger partial charge in [0.05, 0.1) is 11.6 Å². The number of carbonyl (C=O) groups excluding carboxylic acids is 1. The smallest absolute Gasteiger partial charge is 0.416 e. The first-order valence-electron chi connectivity index (χ1n) is 8.04. The molecule has 1 aliphatic heterocycles. The molecule has 0 N–H and O–H groups in total. The Morgan fingerprint density at radius 3 is 2.48 bits per heavy atom. The number of piperidine rings is 1. The van der Waals surface area contributed by atoms with E-state index in [0.717, 1.165) is 25.0 Å². The lowest BCUT2D eigenvalue weighted by molar-refractivity contribution is -0.608. The minimum atomic E-state index is -4.39. The molecule has 2 heterocycles. The van der Waals surface area contributed by atoms with Gasteiger partial charge in [-0.25, -0.2) is 0 Å². The number of hydrogen-bond donors (Lipinski definition) is 0. The van der Waals surface area contributed by atoms with Gasteiger partial charge in [-0.15, -0.1) is 0 Å². The molecule has 1 aromatic carbocycles. The summed E-state index contributed by atoms with van der Waals surface area (Å²) in [5.41, 5.74) is -0.0545. The molecule has 1 aromatic heterocycles. The summed E-state index contributed by atoms with van der Waals surface area (Å²) in [5.74, 6) is -0.403. The van der Waals surface area contributed by atoms with Crippen molar-refractivity contribution >= 4 is 5.91 Å². The van der Waals surface area contributed by atoms with E-state index >= 15 is 0 Å². The topological polar surface area (TPSA) is 47.2 Å². The van der Waals surface area contributed by atoms with Gasteiger partial charge in [0.15, 0.2) is 6.20 Å². The quantitative estimate of drug-likeness (QED) is 0.612. The zero-order valence-electron chi connectivity index (χ0n) is 13.4. The van der Waals surface area contributed by atoms with Gasteiger partial charge >= 0.3 is 12.1 Å². The van der Waals surface area contributed by atoms with E-state index in [0.29, 0.717) is 23.3 Å². The Kier molecular flexibility index (Phi) is 4.65. The molecule has 2 aromatic rings. The Hall–Kier alpha value is -2.57. The zero-order valence-corrected chi connectivity index (χ0v) is 13.4. The SMILES string of the molecule is O=C(c1cccc[n+]1[O-])N1CCCCC1c1ccc(C(F)(F)F)cc1. The highest BCUT2D eigenvalue weighted by Gasteiger charge is 2.34. The molecule has 1 saturated heterocycles. The van der Waals surface area contributed by atoms with Crippen LogP contribution in [0.25, 0.3) is 0 Å². The molecule has 0 aliphatic carbocycles. The van der Waals surface area contributed by atoms with Crippen molar-refractivity contribution in [3.8, 4) is 0 Å². The molecule has 1 aliphatic rings. The summed E-state index contributed by atoms with van der Waals surface area (Å²) in [6, 6.07) is 9.15. The number of pyridine rings is 1. The molecule has 1 atom stereocenters. The summed E-state index contributed by atoms with van der Waals surface area (Å²) >= 11 is 0. The van der Waals surface area contributed by atoms with E-state index in [4.69, 9.17) is 0 Å². The van der Waals surface area contributed by atoms with Crippen molar-refractivity contribution in [2.24, 2.45) is 0 Å². The average Bonchev–Trinajstić information content (AvgIpc) is 2.61. The van der Waals surface area contributed by atoms with Crippen LogP contribution in [0.1, 0.15) is 46.9 Å². The molecule has 1 amide bonds. The molecule has 1 fully saturated rings. The number of amides is 1. The van der Waals surface area contributed by atoms with Crippen LogP contribution < -0.4 is 4.73 Å². The summed E-state index contributed by atoms with van der Waals surface area (Å²) in [6.07, 6.45) is -0.804. The molecule has 0 bridgehead atoms. The van der Waals surface area contributed by atoms with Crippen LogP contribution in [-0.4, -0.2) is 17.4 Å². The summed E-state index contributed by atoms with van der Waals surface area (Å²) in [7, 11) is 0. The number of benzene rings is 1. The highest BCUT2D eigenvalue weighted by atomic mass is 19.4. The summed E-state index contributed by atoms with van der Waals surface area (Å²) in [6.45, 7) is 0.472. The third-order valence-corrected chi connectivity index (χ3v) is 4.43. The second kappa shape index (κ2) is 6.74. The van der Waals surface area contributed by atoms with Crippen LogP contribution in [0.15, 0.2) is 48.7 Å². The highest BCUT2D eigenvalue weighted by Crippen LogP contribution is 2.34. The molecule has 0 spiro atoms. The van der Waals surface area contributed by atoms with E-state index in [1.165, 1.54) is 30.5 Å². The van der Waals surface area contributed by atoms with Crippen molar-refractivity contribution in [1.82, 2.24) is 4.90 Å². The molecule has 3 rings (SSSR count). The minimum absolute atomic E-state index is 0.0151. The Labute approximate surface area is 143 Å². The fourth-order valence-corrected chi connectivity index (χ4v) is 3.16. The van der Waals surface area contributed by atoms with Crippen molar-refractivity contribution in [3.05, 3.63) is 70.7 Å². The maximum absolute atomic E-state index is 12.8. The van der Waals surface area contributed by atoms with E-state index in [9.17, 15) is 23.2 Å². The second-order valence-electron chi connectivity index (χ2n) is 6.04. The molecule has 1 unspecified atom stereocenters. The average molecular weight is 350 g/mol. The number of alkyl halides is 3.